The Kier molecular flexibility index (Phi) is 5.56. The van der Waals surface area contributed by atoms with E-state index in [0.29, 0.717) is 11.3 Å². The minimum atomic E-state index is -4.47. The van der Waals surface area contributed by atoms with Crippen LogP contribution >= 0.6 is 0 Å². The normalized spacial score (nSPS) is 12.4. The van der Waals surface area contributed by atoms with Crippen molar-refractivity contribution in [1.29, 1.82) is 5.26 Å². The molecule has 3 aromatic rings. The summed E-state index contributed by atoms with van der Waals surface area (Å²) in [7, 11) is 0. The van der Waals surface area contributed by atoms with Gasteiger partial charge >= 0.3 is 6.18 Å². The van der Waals surface area contributed by atoms with E-state index in [1.54, 1.807) is 24.3 Å². The van der Waals surface area contributed by atoms with Crippen LogP contribution in [0.4, 0.5) is 13.2 Å². The third-order valence-electron chi connectivity index (χ3n) is 3.70. The first kappa shape index (κ1) is 19.3. The number of alkyl halides is 3. The highest BCUT2D eigenvalue weighted by Gasteiger charge is 2.30. The Morgan fingerprint density at radius 3 is 2.61 bits per heavy atom. The fraction of sp³-hybridized carbons (Fsp3) is 0.222. The van der Waals surface area contributed by atoms with Gasteiger partial charge in [0.1, 0.15) is 18.5 Å². The number of tetrazole rings is 1. The van der Waals surface area contributed by atoms with Crippen molar-refractivity contribution in [2.75, 3.05) is 6.61 Å². The first-order valence-corrected chi connectivity index (χ1v) is 8.11. The van der Waals surface area contributed by atoms with Crippen LogP contribution in [0.2, 0.25) is 0 Å². The highest BCUT2D eigenvalue weighted by atomic mass is 19.4. The minimum absolute atomic E-state index is 0.0197. The zero-order valence-corrected chi connectivity index (χ0v) is 14.3. The number of benzene rings is 2. The second kappa shape index (κ2) is 8.06. The molecule has 10 heteroatoms. The zero-order valence-electron chi connectivity index (χ0n) is 14.3. The second-order valence-electron chi connectivity index (χ2n) is 5.85. The number of aromatic nitrogens is 4. The number of nitriles is 1. The highest BCUT2D eigenvalue weighted by Crippen LogP contribution is 2.31. The monoisotopic (exact) mass is 389 g/mol. The predicted molar refractivity (Wildman–Crippen MR) is 90.9 cm³/mol. The van der Waals surface area contributed by atoms with Gasteiger partial charge in [-0.3, -0.25) is 0 Å². The van der Waals surface area contributed by atoms with Gasteiger partial charge in [-0.25, -0.2) is 0 Å². The average molecular weight is 389 g/mol. The third kappa shape index (κ3) is 4.83. The van der Waals surface area contributed by atoms with Crippen molar-refractivity contribution in [3.05, 3.63) is 59.7 Å². The Balaban J connectivity index is 1.60. The molecule has 0 fully saturated rings. The van der Waals surface area contributed by atoms with Crippen LogP contribution in [0.15, 0.2) is 48.5 Å². The molecule has 1 heterocycles. The van der Waals surface area contributed by atoms with Crippen molar-refractivity contribution in [3.63, 3.8) is 0 Å². The van der Waals surface area contributed by atoms with Crippen molar-refractivity contribution in [2.45, 2.75) is 18.8 Å². The number of rotatable bonds is 6. The van der Waals surface area contributed by atoms with Crippen LogP contribution in [0.25, 0.3) is 11.4 Å². The second-order valence-corrected chi connectivity index (χ2v) is 5.85. The van der Waals surface area contributed by atoms with Crippen LogP contribution in [-0.2, 0) is 12.7 Å². The summed E-state index contributed by atoms with van der Waals surface area (Å²) in [6.45, 7) is -0.116. The van der Waals surface area contributed by atoms with Crippen molar-refractivity contribution >= 4 is 0 Å². The lowest BCUT2D eigenvalue weighted by Gasteiger charge is -2.11. The number of hydrogen-bond acceptors (Lipinski definition) is 6. The van der Waals surface area contributed by atoms with Crippen LogP contribution in [0.1, 0.15) is 11.1 Å². The van der Waals surface area contributed by atoms with Crippen molar-refractivity contribution in [1.82, 2.24) is 20.2 Å². The van der Waals surface area contributed by atoms with Gasteiger partial charge in [-0.2, -0.15) is 23.2 Å². The molecule has 144 valence electrons. The lowest BCUT2D eigenvalue weighted by Crippen LogP contribution is -2.25. The van der Waals surface area contributed by atoms with Gasteiger partial charge in [0.2, 0.25) is 5.82 Å². The minimum Gasteiger partial charge on any atom is -0.491 e. The Morgan fingerprint density at radius 2 is 1.93 bits per heavy atom. The lowest BCUT2D eigenvalue weighted by molar-refractivity contribution is -0.137. The molecule has 0 radical (unpaired) electrons. The van der Waals surface area contributed by atoms with Gasteiger partial charge in [0.15, 0.2) is 0 Å². The summed E-state index contributed by atoms with van der Waals surface area (Å²) in [5.74, 6) is 0.501. The third-order valence-corrected chi connectivity index (χ3v) is 3.70. The number of ether oxygens (including phenoxy) is 1. The summed E-state index contributed by atoms with van der Waals surface area (Å²) in [6.07, 6.45) is -5.44. The summed E-state index contributed by atoms with van der Waals surface area (Å²) >= 11 is 0. The number of aliphatic hydroxyl groups is 1. The molecule has 0 saturated heterocycles. The Morgan fingerprint density at radius 1 is 1.18 bits per heavy atom. The molecule has 0 bridgehead atoms. The van der Waals surface area contributed by atoms with E-state index in [9.17, 15) is 18.3 Å². The molecule has 0 saturated carbocycles. The summed E-state index contributed by atoms with van der Waals surface area (Å²) < 4.78 is 43.8. The van der Waals surface area contributed by atoms with E-state index in [1.165, 1.54) is 12.1 Å². The topological polar surface area (TPSA) is 96.8 Å². The average Bonchev–Trinajstić information content (AvgIpc) is 3.14. The standard InChI is InChI=1S/C18H14F3N5O2/c19-18(20,21)14-3-1-2-13(8-14)17-23-25-26(24-17)10-15(27)11-28-16-6-4-12(9-22)5-7-16/h1-8,15,27H,10-11H2/t15-/m1/s1. The highest BCUT2D eigenvalue weighted by molar-refractivity contribution is 5.55. The summed E-state index contributed by atoms with van der Waals surface area (Å²) in [5, 5.41) is 30.3. The molecule has 1 N–H and O–H groups in total. The van der Waals surface area contributed by atoms with E-state index in [2.05, 4.69) is 15.4 Å². The number of aliphatic hydroxyl groups excluding tert-OH is 1. The fourth-order valence-electron chi connectivity index (χ4n) is 2.33. The van der Waals surface area contributed by atoms with E-state index < -0.39 is 17.8 Å². The zero-order chi connectivity index (χ0) is 20.1. The predicted octanol–water partition coefficient (Wildman–Crippen LogP) is 2.67. The van der Waals surface area contributed by atoms with Crippen LogP contribution in [0.3, 0.4) is 0 Å². The summed E-state index contributed by atoms with van der Waals surface area (Å²) in [4.78, 5) is 1.09. The summed E-state index contributed by atoms with van der Waals surface area (Å²) in [6, 6.07) is 13.0. The van der Waals surface area contributed by atoms with Crippen molar-refractivity contribution in [3.8, 4) is 23.2 Å². The van der Waals surface area contributed by atoms with Crippen LogP contribution in [0.5, 0.6) is 5.75 Å². The molecule has 1 aromatic heterocycles. The van der Waals surface area contributed by atoms with Gasteiger partial charge in [0, 0.05) is 5.56 Å². The number of halogens is 3. The van der Waals surface area contributed by atoms with E-state index in [1.807, 2.05) is 6.07 Å². The Hall–Kier alpha value is -3.45. The summed E-state index contributed by atoms with van der Waals surface area (Å²) in [5.41, 5.74) is -0.150. The molecule has 0 aliphatic rings. The van der Waals surface area contributed by atoms with Gasteiger partial charge in [-0.05, 0) is 41.6 Å². The SMILES string of the molecule is N#Cc1ccc(OC[C@H](O)Cn2nnc(-c3cccc(C(F)(F)F)c3)n2)cc1. The molecule has 0 aliphatic carbocycles. The first-order valence-electron chi connectivity index (χ1n) is 8.11. The van der Waals surface area contributed by atoms with Gasteiger partial charge in [0.05, 0.1) is 23.7 Å². The smallest absolute Gasteiger partial charge is 0.416 e. The first-order chi connectivity index (χ1) is 13.3. The van der Waals surface area contributed by atoms with Crippen LogP contribution in [-0.4, -0.2) is 38.0 Å². The van der Waals surface area contributed by atoms with Gasteiger partial charge < -0.3 is 9.84 Å². The van der Waals surface area contributed by atoms with Gasteiger partial charge in [-0.1, -0.05) is 12.1 Å². The quantitative estimate of drug-likeness (QED) is 0.696. The van der Waals surface area contributed by atoms with Crippen molar-refractivity contribution in [2.24, 2.45) is 0 Å². The molecule has 0 spiro atoms. The van der Waals surface area contributed by atoms with Crippen molar-refractivity contribution < 1.29 is 23.0 Å². The largest absolute Gasteiger partial charge is 0.491 e. The molecule has 2 aromatic carbocycles. The molecule has 0 amide bonds. The Labute approximate surface area is 157 Å². The van der Waals surface area contributed by atoms with Crippen LogP contribution in [0, 0.1) is 11.3 Å². The van der Waals surface area contributed by atoms with E-state index >= 15 is 0 Å². The molecule has 0 unspecified atom stereocenters. The maximum absolute atomic E-state index is 12.8. The van der Waals surface area contributed by atoms with E-state index in [4.69, 9.17) is 10.00 Å². The van der Waals surface area contributed by atoms with Gasteiger partial charge in [-0.15, -0.1) is 10.2 Å². The van der Waals surface area contributed by atoms with Crippen LogP contribution < -0.4 is 4.74 Å². The molecule has 28 heavy (non-hydrogen) atoms. The fourth-order valence-corrected chi connectivity index (χ4v) is 2.33. The molecule has 0 aliphatic heterocycles. The van der Waals surface area contributed by atoms with E-state index in [0.717, 1.165) is 16.9 Å². The van der Waals surface area contributed by atoms with Gasteiger partial charge in [0.25, 0.3) is 0 Å². The molecule has 1 atom stereocenters. The molecular weight excluding hydrogens is 375 g/mol. The molecule has 3 rings (SSSR count). The number of hydrogen-bond donors (Lipinski definition) is 1. The maximum atomic E-state index is 12.8. The Bertz CT molecular complexity index is 980. The lowest BCUT2D eigenvalue weighted by atomic mass is 10.1. The molecule has 7 nitrogen and oxygen atoms in total. The molecular formula is C18H14F3N5O2. The maximum Gasteiger partial charge on any atom is 0.416 e. The number of nitrogens with zero attached hydrogens (tertiary/aromatic N) is 5. The van der Waals surface area contributed by atoms with E-state index in [-0.39, 0.29) is 24.5 Å².